The molecule has 1 aromatic heterocycles. The number of carbonyl (C=O) groups excluding carboxylic acids is 1. The van der Waals surface area contributed by atoms with Gasteiger partial charge in [-0.25, -0.2) is 8.42 Å². The van der Waals surface area contributed by atoms with Crippen LogP contribution < -0.4 is 10.5 Å². The molecule has 0 fully saturated rings. The second-order valence-electron chi connectivity index (χ2n) is 3.05. The SMILES string of the molecule is CC(NS(=O)(=O)c1cnccc1Cl)C(N)=O. The molecule has 88 valence electrons. The van der Waals surface area contributed by atoms with Crippen molar-refractivity contribution in [3.8, 4) is 0 Å². The van der Waals surface area contributed by atoms with Crippen LogP contribution in [0.15, 0.2) is 23.4 Å². The van der Waals surface area contributed by atoms with Crippen molar-refractivity contribution in [1.82, 2.24) is 9.71 Å². The van der Waals surface area contributed by atoms with Gasteiger partial charge in [-0.1, -0.05) is 11.6 Å². The van der Waals surface area contributed by atoms with Gasteiger partial charge in [-0.2, -0.15) is 4.72 Å². The summed E-state index contributed by atoms with van der Waals surface area (Å²) in [5.74, 6) is -0.774. The zero-order chi connectivity index (χ0) is 12.3. The normalized spacial score (nSPS) is 13.4. The van der Waals surface area contributed by atoms with Crippen molar-refractivity contribution >= 4 is 27.5 Å². The van der Waals surface area contributed by atoms with Gasteiger partial charge in [-0.05, 0) is 13.0 Å². The Morgan fingerprint density at radius 2 is 2.25 bits per heavy atom. The molecule has 0 aliphatic heterocycles. The van der Waals surface area contributed by atoms with E-state index in [1.807, 2.05) is 0 Å². The molecular weight excluding hydrogens is 254 g/mol. The van der Waals surface area contributed by atoms with Crippen molar-refractivity contribution in [3.05, 3.63) is 23.5 Å². The Morgan fingerprint density at radius 3 is 2.75 bits per heavy atom. The molecule has 1 rings (SSSR count). The maximum absolute atomic E-state index is 11.7. The summed E-state index contributed by atoms with van der Waals surface area (Å²) in [4.78, 5) is 14.2. The molecule has 1 amide bonds. The number of hydrogen-bond donors (Lipinski definition) is 2. The number of nitrogens with zero attached hydrogens (tertiary/aromatic N) is 1. The first kappa shape index (κ1) is 12.9. The van der Waals surface area contributed by atoms with Crippen molar-refractivity contribution in [3.63, 3.8) is 0 Å². The first-order valence-corrected chi connectivity index (χ1v) is 6.12. The van der Waals surface area contributed by atoms with Gasteiger partial charge in [-0.15, -0.1) is 0 Å². The van der Waals surface area contributed by atoms with Crippen molar-refractivity contribution in [2.75, 3.05) is 0 Å². The van der Waals surface area contributed by atoms with Gasteiger partial charge in [0.05, 0.1) is 11.1 Å². The number of rotatable bonds is 4. The Balaban J connectivity index is 3.04. The first-order chi connectivity index (χ1) is 7.34. The minimum atomic E-state index is -3.88. The summed E-state index contributed by atoms with van der Waals surface area (Å²) in [6.45, 7) is 1.34. The maximum atomic E-state index is 11.7. The maximum Gasteiger partial charge on any atom is 0.244 e. The number of hydrogen-bond acceptors (Lipinski definition) is 4. The van der Waals surface area contributed by atoms with Crippen LogP contribution in [0.4, 0.5) is 0 Å². The number of carbonyl (C=O) groups is 1. The monoisotopic (exact) mass is 263 g/mol. The molecule has 1 aromatic rings. The van der Waals surface area contributed by atoms with E-state index in [1.165, 1.54) is 19.2 Å². The Bertz CT molecular complexity index is 503. The smallest absolute Gasteiger partial charge is 0.244 e. The van der Waals surface area contributed by atoms with Gasteiger partial charge in [-0.3, -0.25) is 9.78 Å². The summed E-state index contributed by atoms with van der Waals surface area (Å²) in [7, 11) is -3.88. The number of pyridine rings is 1. The summed E-state index contributed by atoms with van der Waals surface area (Å²) in [5, 5.41) is 0.0270. The minimum Gasteiger partial charge on any atom is -0.368 e. The topological polar surface area (TPSA) is 102 Å². The van der Waals surface area contributed by atoms with Crippen molar-refractivity contribution in [2.24, 2.45) is 5.73 Å². The third-order valence-corrected chi connectivity index (χ3v) is 3.79. The predicted molar refractivity (Wildman–Crippen MR) is 58.2 cm³/mol. The number of sulfonamides is 1. The lowest BCUT2D eigenvalue weighted by Gasteiger charge is -2.11. The zero-order valence-corrected chi connectivity index (χ0v) is 9.92. The highest BCUT2D eigenvalue weighted by atomic mass is 35.5. The van der Waals surface area contributed by atoms with Gasteiger partial charge in [0.2, 0.25) is 15.9 Å². The predicted octanol–water partition coefficient (Wildman–Crippen LogP) is -0.113. The largest absolute Gasteiger partial charge is 0.368 e. The fourth-order valence-electron chi connectivity index (χ4n) is 0.915. The number of aromatic nitrogens is 1. The third-order valence-electron chi connectivity index (χ3n) is 1.78. The molecule has 6 nitrogen and oxygen atoms in total. The van der Waals surface area contributed by atoms with E-state index >= 15 is 0 Å². The molecule has 8 heteroatoms. The van der Waals surface area contributed by atoms with E-state index in [4.69, 9.17) is 17.3 Å². The number of halogens is 1. The van der Waals surface area contributed by atoms with Gasteiger partial charge in [0.15, 0.2) is 0 Å². The third kappa shape index (κ3) is 2.91. The van der Waals surface area contributed by atoms with Crippen LogP contribution >= 0.6 is 11.6 Å². The molecule has 0 aromatic carbocycles. The summed E-state index contributed by atoms with van der Waals surface area (Å²) in [6.07, 6.45) is 2.46. The highest BCUT2D eigenvalue weighted by Gasteiger charge is 2.22. The number of primary amides is 1. The van der Waals surface area contributed by atoms with Crippen LogP contribution in [0.2, 0.25) is 5.02 Å². The molecule has 1 unspecified atom stereocenters. The van der Waals surface area contributed by atoms with Gasteiger partial charge in [0.25, 0.3) is 0 Å². The molecule has 1 heterocycles. The Hall–Kier alpha value is -1.18. The average molecular weight is 264 g/mol. The van der Waals surface area contributed by atoms with Crippen molar-refractivity contribution in [1.29, 1.82) is 0 Å². The van der Waals surface area contributed by atoms with Gasteiger partial charge in [0, 0.05) is 12.4 Å². The Kier molecular flexibility index (Phi) is 3.84. The molecule has 0 spiro atoms. The lowest BCUT2D eigenvalue weighted by atomic mass is 10.4. The van der Waals surface area contributed by atoms with Crippen LogP contribution in [0.3, 0.4) is 0 Å². The zero-order valence-electron chi connectivity index (χ0n) is 8.34. The number of nitrogens with two attached hydrogens (primary N) is 1. The fourth-order valence-corrected chi connectivity index (χ4v) is 2.56. The van der Waals surface area contributed by atoms with E-state index in [1.54, 1.807) is 0 Å². The summed E-state index contributed by atoms with van der Waals surface area (Å²) in [5.41, 5.74) is 4.94. The van der Waals surface area contributed by atoms with Crippen molar-refractivity contribution in [2.45, 2.75) is 17.9 Å². The van der Waals surface area contributed by atoms with Crippen LogP contribution in [-0.2, 0) is 14.8 Å². The highest BCUT2D eigenvalue weighted by Crippen LogP contribution is 2.19. The van der Waals surface area contributed by atoms with Crippen LogP contribution in [0.5, 0.6) is 0 Å². The van der Waals surface area contributed by atoms with E-state index in [-0.39, 0.29) is 9.92 Å². The summed E-state index contributed by atoms with van der Waals surface area (Å²) >= 11 is 5.70. The number of nitrogens with one attached hydrogen (secondary N) is 1. The average Bonchev–Trinajstić information content (AvgIpc) is 2.17. The Labute approximate surface area is 97.9 Å². The quantitative estimate of drug-likeness (QED) is 0.791. The molecule has 0 saturated heterocycles. The number of amides is 1. The summed E-state index contributed by atoms with van der Waals surface area (Å²) < 4.78 is 25.5. The molecule has 0 aliphatic carbocycles. The molecule has 16 heavy (non-hydrogen) atoms. The van der Waals surface area contributed by atoms with E-state index < -0.39 is 22.0 Å². The van der Waals surface area contributed by atoms with E-state index in [0.29, 0.717) is 0 Å². The molecular formula is C8H10ClN3O3S. The van der Waals surface area contributed by atoms with Gasteiger partial charge in [0.1, 0.15) is 4.90 Å². The second kappa shape index (κ2) is 4.77. The fraction of sp³-hybridized carbons (Fsp3) is 0.250. The Morgan fingerprint density at radius 1 is 1.62 bits per heavy atom. The summed E-state index contributed by atoms with van der Waals surface area (Å²) in [6, 6.07) is 0.326. The van der Waals surface area contributed by atoms with E-state index in [9.17, 15) is 13.2 Å². The van der Waals surface area contributed by atoms with Crippen LogP contribution in [0.1, 0.15) is 6.92 Å². The molecule has 0 bridgehead atoms. The minimum absolute atomic E-state index is 0.0270. The lowest BCUT2D eigenvalue weighted by molar-refractivity contribution is -0.119. The van der Waals surface area contributed by atoms with E-state index in [2.05, 4.69) is 9.71 Å². The molecule has 3 N–H and O–H groups in total. The molecule has 0 saturated carbocycles. The molecule has 0 aliphatic rings. The lowest BCUT2D eigenvalue weighted by Crippen LogP contribution is -2.42. The van der Waals surface area contributed by atoms with E-state index in [0.717, 1.165) is 6.20 Å². The highest BCUT2D eigenvalue weighted by molar-refractivity contribution is 7.89. The van der Waals surface area contributed by atoms with Crippen LogP contribution in [0, 0.1) is 0 Å². The van der Waals surface area contributed by atoms with Crippen molar-refractivity contribution < 1.29 is 13.2 Å². The second-order valence-corrected chi connectivity index (χ2v) is 5.14. The molecule has 0 radical (unpaired) electrons. The van der Waals surface area contributed by atoms with Crippen LogP contribution in [0.25, 0.3) is 0 Å². The van der Waals surface area contributed by atoms with Gasteiger partial charge >= 0.3 is 0 Å². The van der Waals surface area contributed by atoms with Crippen LogP contribution in [-0.4, -0.2) is 25.4 Å². The standard InChI is InChI=1S/C8H10ClN3O3S/c1-5(8(10)13)12-16(14,15)7-4-11-3-2-6(7)9/h2-5,12H,1H3,(H2,10,13). The first-order valence-electron chi connectivity index (χ1n) is 4.26. The van der Waals surface area contributed by atoms with Gasteiger partial charge < -0.3 is 5.73 Å². The molecule has 1 atom stereocenters.